The highest BCUT2D eigenvalue weighted by molar-refractivity contribution is 8.01. The Morgan fingerprint density at radius 3 is 2.57 bits per heavy atom. The first-order valence-electron chi connectivity index (χ1n) is 9.27. The predicted octanol–water partition coefficient (Wildman–Crippen LogP) is 2.66. The number of rotatable bonds is 9. The molecule has 1 fully saturated rings. The van der Waals surface area contributed by atoms with Crippen molar-refractivity contribution in [2.24, 2.45) is 5.73 Å². The van der Waals surface area contributed by atoms with E-state index in [4.69, 9.17) is 10.5 Å². The van der Waals surface area contributed by atoms with Crippen LogP contribution in [-0.4, -0.2) is 60.1 Å². The van der Waals surface area contributed by atoms with Gasteiger partial charge in [0, 0.05) is 25.4 Å². The number of carbonyl (C=O) groups is 2. The van der Waals surface area contributed by atoms with Crippen molar-refractivity contribution in [1.82, 2.24) is 4.90 Å². The third-order valence-electron chi connectivity index (χ3n) is 4.40. The van der Waals surface area contributed by atoms with Crippen LogP contribution in [0.3, 0.4) is 0 Å². The lowest BCUT2D eigenvalue weighted by atomic mass is 10.1. The summed E-state index contributed by atoms with van der Waals surface area (Å²) < 4.78 is 18.6. The Kier molecular flexibility index (Phi) is 11.4. The van der Waals surface area contributed by atoms with Crippen molar-refractivity contribution in [3.63, 3.8) is 0 Å². The van der Waals surface area contributed by atoms with Gasteiger partial charge in [-0.1, -0.05) is 0 Å². The number of anilines is 1. The Morgan fingerprint density at radius 2 is 1.96 bits per heavy atom. The molecule has 6 nitrogen and oxygen atoms in total. The number of halogens is 2. The van der Waals surface area contributed by atoms with Gasteiger partial charge in [-0.3, -0.25) is 9.59 Å². The summed E-state index contributed by atoms with van der Waals surface area (Å²) in [6.07, 6.45) is 2.72. The molecule has 0 radical (unpaired) electrons. The zero-order chi connectivity index (χ0) is 19.6. The van der Waals surface area contributed by atoms with Crippen LogP contribution in [-0.2, 0) is 14.3 Å². The molecule has 0 spiro atoms. The zero-order valence-corrected chi connectivity index (χ0v) is 17.7. The molecule has 0 aromatic heterocycles. The van der Waals surface area contributed by atoms with Gasteiger partial charge in [0.15, 0.2) is 0 Å². The SMILES string of the molecule is CC(SCC(=O)Nc1ccc(F)cc1)C(=O)N1CCC(OCCCN)CC1.Cl. The smallest absolute Gasteiger partial charge is 0.235 e. The van der Waals surface area contributed by atoms with Crippen LogP contribution in [0.4, 0.5) is 10.1 Å². The molecule has 28 heavy (non-hydrogen) atoms. The Hall–Kier alpha value is -1.35. The summed E-state index contributed by atoms with van der Waals surface area (Å²) in [4.78, 5) is 26.4. The number of hydrogen-bond acceptors (Lipinski definition) is 5. The van der Waals surface area contributed by atoms with Gasteiger partial charge in [-0.25, -0.2) is 4.39 Å². The standard InChI is InChI=1S/C19H28FN3O3S.ClH/c1-14(27-13-18(24)22-16-5-3-15(20)4-6-16)19(25)23-10-7-17(8-11-23)26-12-2-9-21;/h3-6,14,17H,2,7-13,21H2,1H3,(H,22,24);1H. The van der Waals surface area contributed by atoms with Crippen molar-refractivity contribution in [3.05, 3.63) is 30.1 Å². The van der Waals surface area contributed by atoms with Gasteiger partial charge in [0.05, 0.1) is 17.1 Å². The van der Waals surface area contributed by atoms with E-state index in [9.17, 15) is 14.0 Å². The number of carbonyl (C=O) groups excluding carboxylic acids is 2. The van der Waals surface area contributed by atoms with Crippen LogP contribution in [0.2, 0.25) is 0 Å². The fraction of sp³-hybridized carbons (Fsp3) is 0.579. The van der Waals surface area contributed by atoms with Crippen LogP contribution in [0.5, 0.6) is 0 Å². The lowest BCUT2D eigenvalue weighted by molar-refractivity contribution is -0.132. The van der Waals surface area contributed by atoms with Crippen LogP contribution in [0.25, 0.3) is 0 Å². The van der Waals surface area contributed by atoms with E-state index in [1.54, 1.807) is 0 Å². The topological polar surface area (TPSA) is 84.7 Å². The maximum atomic E-state index is 12.9. The van der Waals surface area contributed by atoms with Crippen LogP contribution in [0.15, 0.2) is 24.3 Å². The number of likely N-dealkylation sites (tertiary alicyclic amines) is 1. The first-order chi connectivity index (χ1) is 13.0. The highest BCUT2D eigenvalue weighted by Gasteiger charge is 2.26. The molecule has 1 aliphatic rings. The zero-order valence-electron chi connectivity index (χ0n) is 16.1. The maximum Gasteiger partial charge on any atom is 0.235 e. The van der Waals surface area contributed by atoms with E-state index < -0.39 is 0 Å². The van der Waals surface area contributed by atoms with Gasteiger partial charge in [0.25, 0.3) is 0 Å². The summed E-state index contributed by atoms with van der Waals surface area (Å²) in [5.74, 6) is -0.341. The lowest BCUT2D eigenvalue weighted by Crippen LogP contribution is -2.44. The monoisotopic (exact) mass is 433 g/mol. The van der Waals surface area contributed by atoms with Crippen LogP contribution in [0.1, 0.15) is 26.2 Å². The molecule has 1 aromatic carbocycles. The molecule has 1 unspecified atom stereocenters. The minimum Gasteiger partial charge on any atom is -0.378 e. The van der Waals surface area contributed by atoms with Crippen LogP contribution < -0.4 is 11.1 Å². The van der Waals surface area contributed by atoms with E-state index in [2.05, 4.69) is 5.32 Å². The van der Waals surface area contributed by atoms with E-state index in [0.29, 0.717) is 31.9 Å². The molecular weight excluding hydrogens is 405 g/mol. The third-order valence-corrected chi connectivity index (χ3v) is 5.53. The Balaban J connectivity index is 0.00000392. The number of hydrogen-bond donors (Lipinski definition) is 2. The summed E-state index contributed by atoms with van der Waals surface area (Å²) in [7, 11) is 0. The number of benzene rings is 1. The fourth-order valence-corrected chi connectivity index (χ4v) is 3.60. The minimum absolute atomic E-state index is 0. The first kappa shape index (κ1) is 24.7. The predicted molar refractivity (Wildman–Crippen MR) is 113 cm³/mol. The fourth-order valence-electron chi connectivity index (χ4n) is 2.84. The van der Waals surface area contributed by atoms with Crippen molar-refractivity contribution in [1.29, 1.82) is 0 Å². The summed E-state index contributed by atoms with van der Waals surface area (Å²) in [6, 6.07) is 5.59. The Labute approximate surface area is 176 Å². The number of thioether (sulfide) groups is 1. The van der Waals surface area contributed by atoms with Crippen molar-refractivity contribution in [3.8, 4) is 0 Å². The quantitative estimate of drug-likeness (QED) is 0.585. The summed E-state index contributed by atoms with van der Waals surface area (Å²) in [6.45, 7) is 4.48. The van der Waals surface area contributed by atoms with E-state index in [0.717, 1.165) is 19.3 Å². The highest BCUT2D eigenvalue weighted by Crippen LogP contribution is 2.19. The van der Waals surface area contributed by atoms with E-state index in [-0.39, 0.29) is 47.1 Å². The minimum atomic E-state index is -0.352. The number of piperidine rings is 1. The second-order valence-corrected chi connectivity index (χ2v) is 7.88. The molecule has 3 N–H and O–H groups in total. The summed E-state index contributed by atoms with van der Waals surface area (Å²) in [5, 5.41) is 2.40. The molecule has 1 aliphatic heterocycles. The number of nitrogens with one attached hydrogen (secondary N) is 1. The van der Waals surface area contributed by atoms with E-state index in [1.165, 1.54) is 36.0 Å². The van der Waals surface area contributed by atoms with Crippen LogP contribution >= 0.6 is 24.2 Å². The van der Waals surface area contributed by atoms with Gasteiger partial charge in [-0.2, -0.15) is 0 Å². The molecular formula is C19H29ClFN3O3S. The molecule has 2 rings (SSSR count). The van der Waals surface area contributed by atoms with Gasteiger partial charge in [0.2, 0.25) is 11.8 Å². The van der Waals surface area contributed by atoms with Crippen LogP contribution in [0, 0.1) is 5.82 Å². The third kappa shape index (κ3) is 8.34. The number of ether oxygens (including phenoxy) is 1. The van der Waals surface area contributed by atoms with E-state index >= 15 is 0 Å². The van der Waals surface area contributed by atoms with Gasteiger partial charge in [-0.05, 0) is 57.0 Å². The van der Waals surface area contributed by atoms with Gasteiger partial charge in [0.1, 0.15) is 5.82 Å². The average Bonchev–Trinajstić information content (AvgIpc) is 2.68. The molecule has 0 saturated carbocycles. The second kappa shape index (κ2) is 13.0. The van der Waals surface area contributed by atoms with Gasteiger partial charge in [-0.15, -0.1) is 24.2 Å². The van der Waals surface area contributed by atoms with Gasteiger partial charge < -0.3 is 20.7 Å². The Bertz CT molecular complexity index is 613. The molecule has 2 amide bonds. The number of amides is 2. The van der Waals surface area contributed by atoms with E-state index in [1.807, 2.05) is 11.8 Å². The van der Waals surface area contributed by atoms with Crippen molar-refractivity contribution >= 4 is 41.7 Å². The number of nitrogens with two attached hydrogens (primary N) is 1. The van der Waals surface area contributed by atoms with Crippen molar-refractivity contribution in [2.45, 2.75) is 37.5 Å². The molecule has 1 atom stereocenters. The normalized spacial score (nSPS) is 15.6. The molecule has 9 heteroatoms. The second-order valence-electron chi connectivity index (χ2n) is 6.55. The average molecular weight is 434 g/mol. The summed E-state index contributed by atoms with van der Waals surface area (Å²) >= 11 is 1.30. The first-order valence-corrected chi connectivity index (χ1v) is 10.3. The largest absolute Gasteiger partial charge is 0.378 e. The maximum absolute atomic E-state index is 12.9. The Morgan fingerprint density at radius 1 is 1.32 bits per heavy atom. The molecule has 1 aromatic rings. The van der Waals surface area contributed by atoms with Crippen molar-refractivity contribution < 1.29 is 18.7 Å². The molecule has 1 heterocycles. The summed E-state index contributed by atoms with van der Waals surface area (Å²) in [5.41, 5.74) is 6.00. The molecule has 0 aliphatic carbocycles. The van der Waals surface area contributed by atoms with Gasteiger partial charge >= 0.3 is 0 Å². The van der Waals surface area contributed by atoms with Crippen molar-refractivity contribution in [2.75, 3.05) is 37.3 Å². The molecule has 158 valence electrons. The molecule has 0 bridgehead atoms. The number of nitrogens with zero attached hydrogens (tertiary/aromatic N) is 1. The highest BCUT2D eigenvalue weighted by atomic mass is 35.5. The lowest BCUT2D eigenvalue weighted by Gasteiger charge is -2.33. The molecule has 1 saturated heterocycles.